The molecule has 2 aromatic rings. The van der Waals surface area contributed by atoms with Crippen LogP contribution in [0.5, 0.6) is 0 Å². The lowest BCUT2D eigenvalue weighted by Crippen LogP contribution is -2.05. The van der Waals surface area contributed by atoms with Crippen LogP contribution in [0.4, 0.5) is 4.39 Å². The molecule has 0 unspecified atom stereocenters. The molecule has 0 aliphatic carbocycles. The second-order valence-corrected chi connectivity index (χ2v) is 5.13. The molecule has 0 fully saturated rings. The summed E-state index contributed by atoms with van der Waals surface area (Å²) in [6, 6.07) is 9.85. The first-order valence-electron chi connectivity index (χ1n) is 6.01. The average molecular weight is 277 g/mol. The Bertz CT molecular complexity index is 614. The highest BCUT2D eigenvalue weighted by atomic mass is 35.5. The molecule has 0 aromatic heterocycles. The fourth-order valence-corrected chi connectivity index (χ4v) is 2.44. The van der Waals surface area contributed by atoms with E-state index < -0.39 is 5.82 Å². The maximum atomic E-state index is 12.9. The van der Waals surface area contributed by atoms with Gasteiger partial charge in [-0.2, -0.15) is 0 Å². The van der Waals surface area contributed by atoms with E-state index in [0.29, 0.717) is 5.56 Å². The monoisotopic (exact) mass is 276 g/mol. The number of benzene rings is 2. The molecular weight excluding hydrogens is 263 g/mol. The summed E-state index contributed by atoms with van der Waals surface area (Å²) in [5.41, 5.74) is 3.55. The molecule has 0 saturated heterocycles. The third kappa shape index (κ3) is 3.42. The fourth-order valence-electron chi connectivity index (χ4n) is 2.17. The van der Waals surface area contributed by atoms with Crippen molar-refractivity contribution >= 4 is 17.4 Å². The molecule has 0 saturated carbocycles. The Labute approximate surface area is 117 Å². The number of hydrogen-bond donors (Lipinski definition) is 0. The molecule has 0 aliphatic heterocycles. The summed E-state index contributed by atoms with van der Waals surface area (Å²) in [6.07, 6.45) is 0.272. The van der Waals surface area contributed by atoms with Crippen LogP contribution in [-0.2, 0) is 6.42 Å². The van der Waals surface area contributed by atoms with Gasteiger partial charge in [0.05, 0.1) is 5.02 Å². The number of carbonyl (C=O) groups excluding carboxylic acids is 1. The van der Waals surface area contributed by atoms with Crippen LogP contribution in [0.3, 0.4) is 0 Å². The molecule has 0 atom stereocenters. The zero-order chi connectivity index (χ0) is 14.0. The van der Waals surface area contributed by atoms with Gasteiger partial charge < -0.3 is 0 Å². The van der Waals surface area contributed by atoms with Gasteiger partial charge in [-0.3, -0.25) is 4.79 Å². The standard InChI is InChI=1S/C16H14ClFO/c1-10-5-11(2)7-12(6-10)8-16(19)14-4-3-13(18)9-15(14)17/h3-7,9H,8H2,1-2H3. The lowest BCUT2D eigenvalue weighted by Gasteiger charge is -2.06. The predicted octanol–water partition coefficient (Wildman–Crippen LogP) is 4.52. The number of aryl methyl sites for hydroxylation is 2. The highest BCUT2D eigenvalue weighted by molar-refractivity contribution is 6.34. The van der Waals surface area contributed by atoms with Crippen LogP contribution in [0.15, 0.2) is 36.4 Å². The molecule has 0 N–H and O–H groups in total. The van der Waals surface area contributed by atoms with Gasteiger partial charge in [0, 0.05) is 12.0 Å². The zero-order valence-electron chi connectivity index (χ0n) is 10.8. The lowest BCUT2D eigenvalue weighted by atomic mass is 10.00. The highest BCUT2D eigenvalue weighted by Crippen LogP contribution is 2.20. The second-order valence-electron chi connectivity index (χ2n) is 4.72. The third-order valence-corrected chi connectivity index (χ3v) is 3.19. The van der Waals surface area contributed by atoms with Gasteiger partial charge in [-0.15, -0.1) is 0 Å². The van der Waals surface area contributed by atoms with E-state index in [1.54, 1.807) is 0 Å². The van der Waals surface area contributed by atoms with Crippen LogP contribution >= 0.6 is 11.6 Å². The number of hydrogen-bond acceptors (Lipinski definition) is 1. The summed E-state index contributed by atoms with van der Waals surface area (Å²) >= 11 is 5.89. The van der Waals surface area contributed by atoms with E-state index in [4.69, 9.17) is 11.6 Å². The van der Waals surface area contributed by atoms with E-state index in [2.05, 4.69) is 6.07 Å². The molecule has 0 aliphatic rings. The summed E-state index contributed by atoms with van der Waals surface area (Å²) in [7, 11) is 0. The Morgan fingerprint density at radius 3 is 2.32 bits per heavy atom. The van der Waals surface area contributed by atoms with Gasteiger partial charge in [0.2, 0.25) is 0 Å². The van der Waals surface area contributed by atoms with Gasteiger partial charge in [-0.1, -0.05) is 40.9 Å². The van der Waals surface area contributed by atoms with Crippen LogP contribution in [0, 0.1) is 19.7 Å². The highest BCUT2D eigenvalue weighted by Gasteiger charge is 2.12. The lowest BCUT2D eigenvalue weighted by molar-refractivity contribution is 0.0993. The number of ketones is 1. The van der Waals surface area contributed by atoms with Gasteiger partial charge in [0.15, 0.2) is 5.78 Å². The first kappa shape index (κ1) is 13.8. The van der Waals surface area contributed by atoms with Crippen LogP contribution in [0.25, 0.3) is 0 Å². The van der Waals surface area contributed by atoms with Gasteiger partial charge >= 0.3 is 0 Å². The first-order chi connectivity index (χ1) is 8.95. The summed E-state index contributed by atoms with van der Waals surface area (Å²) in [5, 5.41) is 0.161. The number of Topliss-reactive ketones (excluding diaryl/α,β-unsaturated/α-hetero) is 1. The molecule has 1 nitrogen and oxygen atoms in total. The molecule has 0 bridgehead atoms. The van der Waals surface area contributed by atoms with E-state index in [1.807, 2.05) is 26.0 Å². The minimum atomic E-state index is -0.437. The van der Waals surface area contributed by atoms with E-state index in [0.717, 1.165) is 22.8 Å². The Balaban J connectivity index is 2.25. The van der Waals surface area contributed by atoms with E-state index in [-0.39, 0.29) is 17.2 Å². The molecular formula is C16H14ClFO. The largest absolute Gasteiger partial charge is 0.294 e. The van der Waals surface area contributed by atoms with Crippen LogP contribution in [-0.4, -0.2) is 5.78 Å². The first-order valence-corrected chi connectivity index (χ1v) is 6.39. The smallest absolute Gasteiger partial charge is 0.168 e. The third-order valence-electron chi connectivity index (χ3n) is 2.88. The van der Waals surface area contributed by atoms with Crippen LogP contribution in [0.1, 0.15) is 27.0 Å². The van der Waals surface area contributed by atoms with Gasteiger partial charge in [0.1, 0.15) is 5.82 Å². The van der Waals surface area contributed by atoms with Gasteiger partial charge in [-0.25, -0.2) is 4.39 Å². The number of halogens is 2. The van der Waals surface area contributed by atoms with Crippen molar-refractivity contribution in [1.82, 2.24) is 0 Å². The van der Waals surface area contributed by atoms with Crippen LogP contribution < -0.4 is 0 Å². The summed E-state index contributed by atoms with van der Waals surface area (Å²) in [5.74, 6) is -0.539. The number of carbonyl (C=O) groups is 1. The van der Waals surface area contributed by atoms with Crippen molar-refractivity contribution in [2.24, 2.45) is 0 Å². The van der Waals surface area contributed by atoms with Crippen molar-refractivity contribution < 1.29 is 9.18 Å². The van der Waals surface area contributed by atoms with Gasteiger partial charge in [0.25, 0.3) is 0 Å². The molecule has 0 spiro atoms. The van der Waals surface area contributed by atoms with Crippen molar-refractivity contribution in [1.29, 1.82) is 0 Å². The SMILES string of the molecule is Cc1cc(C)cc(CC(=O)c2ccc(F)cc2Cl)c1. The molecule has 2 rings (SSSR count). The van der Waals surface area contributed by atoms with Crippen molar-refractivity contribution in [3.63, 3.8) is 0 Å². The van der Waals surface area contributed by atoms with Crippen molar-refractivity contribution in [3.8, 4) is 0 Å². The Morgan fingerprint density at radius 1 is 1.11 bits per heavy atom. The van der Waals surface area contributed by atoms with Gasteiger partial charge in [-0.05, 0) is 37.6 Å². The molecule has 0 heterocycles. The molecule has 19 heavy (non-hydrogen) atoms. The summed E-state index contributed by atoms with van der Waals surface area (Å²) in [4.78, 5) is 12.2. The molecule has 0 amide bonds. The Morgan fingerprint density at radius 2 is 1.74 bits per heavy atom. The van der Waals surface area contributed by atoms with Crippen molar-refractivity contribution in [2.45, 2.75) is 20.3 Å². The maximum absolute atomic E-state index is 12.9. The van der Waals surface area contributed by atoms with Crippen LogP contribution in [0.2, 0.25) is 5.02 Å². The summed E-state index contributed by atoms with van der Waals surface area (Å²) in [6.45, 7) is 3.98. The van der Waals surface area contributed by atoms with E-state index >= 15 is 0 Å². The Kier molecular flexibility index (Phi) is 4.01. The molecule has 0 radical (unpaired) electrons. The second kappa shape index (κ2) is 5.54. The predicted molar refractivity (Wildman–Crippen MR) is 75.4 cm³/mol. The fraction of sp³-hybridized carbons (Fsp3) is 0.188. The minimum Gasteiger partial charge on any atom is -0.294 e. The number of rotatable bonds is 3. The molecule has 2 aromatic carbocycles. The van der Waals surface area contributed by atoms with E-state index in [9.17, 15) is 9.18 Å². The average Bonchev–Trinajstić information content (AvgIpc) is 2.26. The minimum absolute atomic E-state index is 0.102. The van der Waals surface area contributed by atoms with E-state index in [1.165, 1.54) is 12.1 Å². The quantitative estimate of drug-likeness (QED) is 0.753. The summed E-state index contributed by atoms with van der Waals surface area (Å²) < 4.78 is 12.9. The Hall–Kier alpha value is -1.67. The van der Waals surface area contributed by atoms with Crippen molar-refractivity contribution in [2.75, 3.05) is 0 Å². The molecule has 3 heteroatoms. The topological polar surface area (TPSA) is 17.1 Å². The molecule has 98 valence electrons. The normalized spacial score (nSPS) is 10.5. The maximum Gasteiger partial charge on any atom is 0.168 e. The zero-order valence-corrected chi connectivity index (χ0v) is 11.6. The van der Waals surface area contributed by atoms with Crippen molar-refractivity contribution in [3.05, 3.63) is 69.5 Å².